The number of carbonyl (C=O) groups is 1. The van der Waals surface area contributed by atoms with Crippen molar-refractivity contribution in [2.75, 3.05) is 27.4 Å². The van der Waals surface area contributed by atoms with Crippen molar-refractivity contribution in [3.05, 3.63) is 16.3 Å². The lowest BCUT2D eigenvalue weighted by molar-refractivity contribution is 0.00914. The van der Waals surface area contributed by atoms with Crippen molar-refractivity contribution in [2.45, 2.75) is 0 Å². The van der Waals surface area contributed by atoms with Crippen LogP contribution >= 0.6 is 11.3 Å². The molecule has 0 aliphatic rings. The number of nitrogens with one attached hydrogen (secondary N) is 1. The van der Waals surface area contributed by atoms with Gasteiger partial charge in [-0.15, -0.1) is 11.3 Å². The Morgan fingerprint density at radius 3 is 2.87 bits per heavy atom. The van der Waals surface area contributed by atoms with Crippen LogP contribution in [0.3, 0.4) is 0 Å². The third kappa shape index (κ3) is 3.86. The van der Waals surface area contributed by atoms with Gasteiger partial charge in [0, 0.05) is 18.6 Å². The van der Waals surface area contributed by atoms with E-state index in [0.717, 1.165) is 0 Å². The smallest absolute Gasteiger partial charge is 0.285 e. The van der Waals surface area contributed by atoms with Gasteiger partial charge in [-0.2, -0.15) is 0 Å². The molecule has 1 rings (SSSR count). The van der Waals surface area contributed by atoms with Crippen LogP contribution in [0, 0.1) is 0 Å². The summed E-state index contributed by atoms with van der Waals surface area (Å²) in [7, 11) is 3.12. The Morgan fingerprint density at radius 1 is 1.47 bits per heavy atom. The third-order valence-corrected chi connectivity index (χ3v) is 2.50. The molecule has 1 aromatic heterocycles. The molecule has 0 fully saturated rings. The highest BCUT2D eigenvalue weighted by molar-refractivity contribution is 7.12. The molecular weight excluding hydrogens is 218 g/mol. The first-order chi connectivity index (χ1) is 7.27. The SMILES string of the molecule is COCCONC(=O)c1cc(OC)cs1. The van der Waals surface area contributed by atoms with E-state index in [1.165, 1.54) is 11.3 Å². The van der Waals surface area contributed by atoms with Gasteiger partial charge in [-0.3, -0.25) is 9.63 Å². The summed E-state index contributed by atoms with van der Waals surface area (Å²) in [5.41, 5.74) is 2.31. The third-order valence-electron chi connectivity index (χ3n) is 1.59. The number of hydrogen-bond acceptors (Lipinski definition) is 5. The predicted molar refractivity (Wildman–Crippen MR) is 56.2 cm³/mol. The lowest BCUT2D eigenvalue weighted by Gasteiger charge is -2.02. The molecule has 0 saturated carbocycles. The van der Waals surface area contributed by atoms with Crippen molar-refractivity contribution >= 4 is 17.2 Å². The zero-order chi connectivity index (χ0) is 11.1. The summed E-state index contributed by atoms with van der Waals surface area (Å²) in [6.07, 6.45) is 0. The molecule has 0 saturated heterocycles. The van der Waals surface area contributed by atoms with Crippen LogP contribution in [-0.2, 0) is 9.57 Å². The average molecular weight is 231 g/mol. The van der Waals surface area contributed by atoms with Gasteiger partial charge in [-0.25, -0.2) is 5.48 Å². The van der Waals surface area contributed by atoms with Gasteiger partial charge in [-0.1, -0.05) is 0 Å². The van der Waals surface area contributed by atoms with Crippen molar-refractivity contribution in [3.63, 3.8) is 0 Å². The second-order valence-corrected chi connectivity index (χ2v) is 3.53. The molecule has 1 aromatic rings. The fraction of sp³-hybridized carbons (Fsp3) is 0.444. The highest BCUT2D eigenvalue weighted by Crippen LogP contribution is 2.20. The summed E-state index contributed by atoms with van der Waals surface area (Å²) in [5.74, 6) is 0.390. The molecule has 0 atom stereocenters. The number of methoxy groups -OCH3 is 2. The molecular formula is C9H13NO4S. The van der Waals surface area contributed by atoms with Crippen LogP contribution in [0.2, 0.25) is 0 Å². The molecule has 1 amide bonds. The molecule has 5 nitrogen and oxygen atoms in total. The van der Waals surface area contributed by atoms with Gasteiger partial charge >= 0.3 is 0 Å². The zero-order valence-electron chi connectivity index (χ0n) is 8.61. The van der Waals surface area contributed by atoms with E-state index >= 15 is 0 Å². The molecule has 0 aliphatic carbocycles. The fourth-order valence-corrected chi connectivity index (χ4v) is 1.58. The van der Waals surface area contributed by atoms with Crippen LogP contribution in [0.5, 0.6) is 5.75 Å². The maximum absolute atomic E-state index is 11.4. The number of carbonyl (C=O) groups excluding carboxylic acids is 1. The molecule has 84 valence electrons. The van der Waals surface area contributed by atoms with Crippen LogP contribution in [0.15, 0.2) is 11.4 Å². The normalized spacial score (nSPS) is 10.0. The highest BCUT2D eigenvalue weighted by atomic mass is 32.1. The summed E-state index contributed by atoms with van der Waals surface area (Å²) in [6, 6.07) is 1.65. The number of rotatable bonds is 6. The number of amides is 1. The molecule has 0 bridgehead atoms. The summed E-state index contributed by atoms with van der Waals surface area (Å²) in [6.45, 7) is 0.763. The van der Waals surface area contributed by atoms with Gasteiger partial charge in [0.15, 0.2) is 0 Å². The molecule has 1 N–H and O–H groups in total. The van der Waals surface area contributed by atoms with Crippen molar-refractivity contribution in [2.24, 2.45) is 0 Å². The van der Waals surface area contributed by atoms with E-state index in [2.05, 4.69) is 5.48 Å². The first kappa shape index (κ1) is 12.0. The molecule has 0 radical (unpaired) electrons. The van der Waals surface area contributed by atoms with E-state index in [-0.39, 0.29) is 5.91 Å². The molecule has 15 heavy (non-hydrogen) atoms. The van der Waals surface area contributed by atoms with E-state index < -0.39 is 0 Å². The number of thiophene rings is 1. The Hall–Kier alpha value is -1.11. The molecule has 0 spiro atoms. The molecule has 0 aliphatic heterocycles. The van der Waals surface area contributed by atoms with Gasteiger partial charge in [0.05, 0.1) is 25.2 Å². The van der Waals surface area contributed by atoms with Crippen molar-refractivity contribution < 1.29 is 19.1 Å². The summed E-state index contributed by atoms with van der Waals surface area (Å²) in [5, 5.41) is 1.75. The minimum atomic E-state index is -0.278. The van der Waals surface area contributed by atoms with Gasteiger partial charge in [0.1, 0.15) is 5.75 Å². The Bertz CT molecular complexity index is 313. The molecule has 0 aromatic carbocycles. The van der Waals surface area contributed by atoms with Crippen molar-refractivity contribution in [3.8, 4) is 5.75 Å². The van der Waals surface area contributed by atoms with Crippen LogP contribution in [-0.4, -0.2) is 33.3 Å². The standard InChI is InChI=1S/C9H13NO4S/c1-12-3-4-14-10-9(11)8-5-7(13-2)6-15-8/h5-6H,3-4H2,1-2H3,(H,10,11). The van der Waals surface area contributed by atoms with Gasteiger partial charge < -0.3 is 9.47 Å². The quantitative estimate of drug-likeness (QED) is 0.587. The largest absolute Gasteiger partial charge is 0.496 e. The average Bonchev–Trinajstić information content (AvgIpc) is 2.72. The maximum Gasteiger partial charge on any atom is 0.285 e. The lowest BCUT2D eigenvalue weighted by Crippen LogP contribution is -2.24. The van der Waals surface area contributed by atoms with E-state index in [1.807, 2.05) is 0 Å². The van der Waals surface area contributed by atoms with Crippen LogP contribution in [0.4, 0.5) is 0 Å². The fourth-order valence-electron chi connectivity index (χ4n) is 0.837. The monoisotopic (exact) mass is 231 g/mol. The first-order valence-electron chi connectivity index (χ1n) is 4.31. The Balaban J connectivity index is 2.33. The predicted octanol–water partition coefficient (Wildman–Crippen LogP) is 1.06. The van der Waals surface area contributed by atoms with E-state index in [0.29, 0.717) is 23.8 Å². The van der Waals surface area contributed by atoms with Crippen molar-refractivity contribution in [1.29, 1.82) is 0 Å². The summed E-state index contributed by atoms with van der Waals surface area (Å²) >= 11 is 1.30. The van der Waals surface area contributed by atoms with Gasteiger partial charge in [0.25, 0.3) is 5.91 Å². The lowest BCUT2D eigenvalue weighted by atomic mass is 10.4. The second-order valence-electron chi connectivity index (χ2n) is 2.62. The number of hydrogen-bond donors (Lipinski definition) is 1. The minimum Gasteiger partial charge on any atom is -0.496 e. The Morgan fingerprint density at radius 2 is 2.27 bits per heavy atom. The van der Waals surface area contributed by atoms with Crippen molar-refractivity contribution in [1.82, 2.24) is 5.48 Å². The van der Waals surface area contributed by atoms with E-state index in [9.17, 15) is 4.79 Å². The topological polar surface area (TPSA) is 56.8 Å². The summed E-state index contributed by atoms with van der Waals surface area (Å²) < 4.78 is 9.71. The van der Waals surface area contributed by atoms with E-state index in [4.69, 9.17) is 14.3 Å². The van der Waals surface area contributed by atoms with E-state index in [1.54, 1.807) is 25.7 Å². The maximum atomic E-state index is 11.4. The zero-order valence-corrected chi connectivity index (χ0v) is 9.43. The van der Waals surface area contributed by atoms with Gasteiger partial charge in [0.2, 0.25) is 0 Å². The first-order valence-corrected chi connectivity index (χ1v) is 5.19. The van der Waals surface area contributed by atoms with Crippen LogP contribution in [0.25, 0.3) is 0 Å². The molecule has 0 unspecified atom stereocenters. The Labute approximate surface area is 91.9 Å². The highest BCUT2D eigenvalue weighted by Gasteiger charge is 2.08. The van der Waals surface area contributed by atoms with Gasteiger partial charge in [-0.05, 0) is 0 Å². The molecule has 6 heteroatoms. The number of ether oxygens (including phenoxy) is 2. The van der Waals surface area contributed by atoms with Crippen LogP contribution < -0.4 is 10.2 Å². The minimum absolute atomic E-state index is 0.278. The second kappa shape index (κ2) is 6.39. The number of hydroxylamine groups is 1. The summed E-state index contributed by atoms with van der Waals surface area (Å²) in [4.78, 5) is 16.8. The Kier molecular flexibility index (Phi) is 5.09. The molecule has 1 heterocycles. The van der Waals surface area contributed by atoms with Crippen LogP contribution in [0.1, 0.15) is 9.67 Å².